The molecule has 0 radical (unpaired) electrons. The molecule has 5 heteroatoms. The second-order valence-corrected chi connectivity index (χ2v) is 6.72. The molecule has 4 nitrogen and oxygen atoms in total. The number of anilines is 1. The standard InChI is InChI=1S/C18H24N4S/c1-2-19-18(20-13-17-9-6-12-23-17)21-15-10-11-22(14-15)16-7-4-3-5-8-16/h3-9,12,15H,2,10-11,13-14H2,1H3,(H2,19,20,21). The Bertz CT molecular complexity index is 609. The summed E-state index contributed by atoms with van der Waals surface area (Å²) in [5.41, 5.74) is 1.30. The molecule has 0 saturated carbocycles. The molecule has 0 amide bonds. The lowest BCUT2D eigenvalue weighted by molar-refractivity contribution is 0.649. The summed E-state index contributed by atoms with van der Waals surface area (Å²) in [7, 11) is 0. The quantitative estimate of drug-likeness (QED) is 0.654. The third kappa shape index (κ3) is 4.48. The summed E-state index contributed by atoms with van der Waals surface area (Å²) in [5, 5.41) is 9.03. The van der Waals surface area contributed by atoms with E-state index in [1.165, 1.54) is 10.6 Å². The number of rotatable bonds is 5. The zero-order valence-electron chi connectivity index (χ0n) is 13.5. The van der Waals surface area contributed by atoms with Crippen molar-refractivity contribution in [3.8, 4) is 0 Å². The molecule has 1 aliphatic rings. The van der Waals surface area contributed by atoms with E-state index in [9.17, 15) is 0 Å². The lowest BCUT2D eigenvalue weighted by Gasteiger charge is -2.20. The molecular weight excluding hydrogens is 304 g/mol. The molecular formula is C18H24N4S. The molecule has 1 saturated heterocycles. The van der Waals surface area contributed by atoms with Gasteiger partial charge in [-0.05, 0) is 36.9 Å². The molecule has 0 aliphatic carbocycles. The lowest BCUT2D eigenvalue weighted by Crippen LogP contribution is -2.44. The maximum absolute atomic E-state index is 4.70. The number of nitrogens with zero attached hydrogens (tertiary/aromatic N) is 2. The predicted octanol–water partition coefficient (Wildman–Crippen LogP) is 3.08. The summed E-state index contributed by atoms with van der Waals surface area (Å²) in [6.07, 6.45) is 1.14. The number of para-hydroxylation sites is 1. The molecule has 2 aromatic rings. The lowest BCUT2D eigenvalue weighted by atomic mass is 10.3. The zero-order chi connectivity index (χ0) is 15.9. The van der Waals surface area contributed by atoms with Gasteiger partial charge in [0.2, 0.25) is 0 Å². The SMILES string of the molecule is CCNC(=NCc1cccs1)NC1CCN(c2ccccc2)C1. The van der Waals surface area contributed by atoms with Crippen LogP contribution in [0, 0.1) is 0 Å². The van der Waals surface area contributed by atoms with Crippen molar-refractivity contribution in [3.63, 3.8) is 0 Å². The molecule has 1 aromatic heterocycles. The number of aliphatic imine (C=N–C) groups is 1. The first-order valence-corrected chi connectivity index (χ1v) is 9.10. The molecule has 1 atom stereocenters. The molecule has 0 spiro atoms. The maximum Gasteiger partial charge on any atom is 0.191 e. The van der Waals surface area contributed by atoms with Crippen LogP contribution in [0.15, 0.2) is 52.8 Å². The van der Waals surface area contributed by atoms with Gasteiger partial charge in [0.15, 0.2) is 5.96 Å². The monoisotopic (exact) mass is 328 g/mol. The minimum absolute atomic E-state index is 0.441. The van der Waals surface area contributed by atoms with E-state index in [1.807, 2.05) is 0 Å². The van der Waals surface area contributed by atoms with E-state index in [0.717, 1.165) is 38.6 Å². The molecule has 0 bridgehead atoms. The van der Waals surface area contributed by atoms with Gasteiger partial charge < -0.3 is 15.5 Å². The summed E-state index contributed by atoms with van der Waals surface area (Å²) in [6, 6.07) is 15.3. The van der Waals surface area contributed by atoms with Crippen LogP contribution < -0.4 is 15.5 Å². The van der Waals surface area contributed by atoms with E-state index in [-0.39, 0.29) is 0 Å². The van der Waals surface area contributed by atoms with Crippen LogP contribution in [0.1, 0.15) is 18.2 Å². The van der Waals surface area contributed by atoms with E-state index in [2.05, 4.69) is 70.3 Å². The molecule has 122 valence electrons. The number of thiophene rings is 1. The molecule has 1 unspecified atom stereocenters. The molecule has 2 heterocycles. The van der Waals surface area contributed by atoms with E-state index >= 15 is 0 Å². The Morgan fingerprint density at radius 1 is 1.26 bits per heavy atom. The smallest absolute Gasteiger partial charge is 0.191 e. The highest BCUT2D eigenvalue weighted by atomic mass is 32.1. The minimum atomic E-state index is 0.441. The fraction of sp³-hybridized carbons (Fsp3) is 0.389. The Morgan fingerprint density at radius 3 is 2.87 bits per heavy atom. The first kappa shape index (κ1) is 15.9. The van der Waals surface area contributed by atoms with E-state index in [1.54, 1.807) is 11.3 Å². The first-order chi connectivity index (χ1) is 11.3. The molecule has 2 N–H and O–H groups in total. The van der Waals surface area contributed by atoms with Crippen LogP contribution in [0.25, 0.3) is 0 Å². The summed E-state index contributed by atoms with van der Waals surface area (Å²) < 4.78 is 0. The Labute approximate surface area is 142 Å². The fourth-order valence-electron chi connectivity index (χ4n) is 2.82. The van der Waals surface area contributed by atoms with Crippen LogP contribution in [0.3, 0.4) is 0 Å². The normalized spacial score (nSPS) is 18.2. The minimum Gasteiger partial charge on any atom is -0.369 e. The number of hydrogen-bond donors (Lipinski definition) is 2. The highest BCUT2D eigenvalue weighted by Crippen LogP contribution is 2.19. The van der Waals surface area contributed by atoms with E-state index in [0.29, 0.717) is 6.04 Å². The van der Waals surface area contributed by atoms with Gasteiger partial charge in [-0.3, -0.25) is 0 Å². The van der Waals surface area contributed by atoms with Gasteiger partial charge in [0.1, 0.15) is 0 Å². The topological polar surface area (TPSA) is 39.7 Å². The Kier molecular flexibility index (Phi) is 5.53. The number of benzene rings is 1. The van der Waals surface area contributed by atoms with Crippen LogP contribution in [-0.4, -0.2) is 31.6 Å². The Morgan fingerprint density at radius 2 is 2.13 bits per heavy atom. The Hall–Kier alpha value is -2.01. The van der Waals surface area contributed by atoms with Gasteiger partial charge in [-0.15, -0.1) is 11.3 Å². The number of hydrogen-bond acceptors (Lipinski definition) is 3. The Balaban J connectivity index is 1.57. The first-order valence-electron chi connectivity index (χ1n) is 8.22. The third-order valence-corrected chi connectivity index (χ3v) is 4.83. The van der Waals surface area contributed by atoms with Crippen molar-refractivity contribution in [3.05, 3.63) is 52.7 Å². The van der Waals surface area contributed by atoms with Gasteiger partial charge in [-0.25, -0.2) is 4.99 Å². The van der Waals surface area contributed by atoms with Crippen molar-refractivity contribution in [2.75, 3.05) is 24.5 Å². The van der Waals surface area contributed by atoms with Gasteiger partial charge in [-0.2, -0.15) is 0 Å². The van der Waals surface area contributed by atoms with Gasteiger partial charge in [0.05, 0.1) is 6.54 Å². The number of guanidine groups is 1. The van der Waals surface area contributed by atoms with Crippen LogP contribution in [0.2, 0.25) is 0 Å². The predicted molar refractivity (Wildman–Crippen MR) is 99.3 cm³/mol. The van der Waals surface area contributed by atoms with Crippen molar-refractivity contribution < 1.29 is 0 Å². The fourth-order valence-corrected chi connectivity index (χ4v) is 3.45. The summed E-state index contributed by atoms with van der Waals surface area (Å²) >= 11 is 1.75. The maximum atomic E-state index is 4.70. The van der Waals surface area contributed by atoms with Gasteiger partial charge >= 0.3 is 0 Å². The number of nitrogens with one attached hydrogen (secondary N) is 2. The molecule has 23 heavy (non-hydrogen) atoms. The largest absolute Gasteiger partial charge is 0.369 e. The highest BCUT2D eigenvalue weighted by Gasteiger charge is 2.23. The van der Waals surface area contributed by atoms with Crippen LogP contribution >= 0.6 is 11.3 Å². The van der Waals surface area contributed by atoms with Crippen molar-refractivity contribution in [2.24, 2.45) is 4.99 Å². The van der Waals surface area contributed by atoms with E-state index < -0.39 is 0 Å². The van der Waals surface area contributed by atoms with Crippen LogP contribution in [0.5, 0.6) is 0 Å². The average molecular weight is 328 g/mol. The van der Waals surface area contributed by atoms with Crippen molar-refractivity contribution in [1.29, 1.82) is 0 Å². The van der Waals surface area contributed by atoms with Crippen molar-refractivity contribution in [1.82, 2.24) is 10.6 Å². The average Bonchev–Trinajstić information content (AvgIpc) is 3.25. The van der Waals surface area contributed by atoms with Crippen LogP contribution in [0.4, 0.5) is 5.69 Å². The molecule has 3 rings (SSSR count). The highest BCUT2D eigenvalue weighted by molar-refractivity contribution is 7.09. The summed E-state index contributed by atoms with van der Waals surface area (Å²) in [5.74, 6) is 0.917. The van der Waals surface area contributed by atoms with E-state index in [4.69, 9.17) is 4.99 Å². The van der Waals surface area contributed by atoms with Crippen molar-refractivity contribution in [2.45, 2.75) is 25.9 Å². The second-order valence-electron chi connectivity index (χ2n) is 5.69. The van der Waals surface area contributed by atoms with Gasteiger partial charge in [0.25, 0.3) is 0 Å². The van der Waals surface area contributed by atoms with Gasteiger partial charge in [0, 0.05) is 36.2 Å². The van der Waals surface area contributed by atoms with Gasteiger partial charge in [-0.1, -0.05) is 24.3 Å². The molecule has 1 aromatic carbocycles. The zero-order valence-corrected chi connectivity index (χ0v) is 14.4. The molecule has 1 aliphatic heterocycles. The van der Waals surface area contributed by atoms with Crippen LogP contribution in [-0.2, 0) is 6.54 Å². The summed E-state index contributed by atoms with van der Waals surface area (Å²) in [6.45, 7) is 5.83. The second kappa shape index (κ2) is 8.02. The summed E-state index contributed by atoms with van der Waals surface area (Å²) in [4.78, 5) is 8.43. The molecule has 1 fully saturated rings. The third-order valence-electron chi connectivity index (χ3n) is 3.97. The van der Waals surface area contributed by atoms with Crippen molar-refractivity contribution >= 4 is 23.0 Å².